The van der Waals surface area contributed by atoms with Crippen LogP contribution in [-0.4, -0.2) is 31.6 Å². The molecule has 0 aliphatic heterocycles. The molecule has 1 aromatic rings. The molecule has 0 aliphatic rings. The maximum absolute atomic E-state index is 11.4. The zero-order chi connectivity index (χ0) is 13.5. The number of aryl methyl sites for hydroxylation is 2. The van der Waals surface area contributed by atoms with Gasteiger partial charge in [-0.3, -0.25) is 10.2 Å². The van der Waals surface area contributed by atoms with Crippen LogP contribution in [0.2, 0.25) is 0 Å². The van der Waals surface area contributed by atoms with E-state index < -0.39 is 0 Å². The van der Waals surface area contributed by atoms with Crippen molar-refractivity contribution in [3.8, 4) is 5.75 Å². The first-order valence-electron chi connectivity index (χ1n) is 6.16. The maximum atomic E-state index is 11.4. The molecule has 0 saturated carbocycles. The minimum Gasteiger partial charge on any atom is -0.493 e. The van der Waals surface area contributed by atoms with E-state index in [1.807, 2.05) is 19.1 Å². The molecule has 0 fully saturated rings. The minimum atomic E-state index is 0.0178. The van der Waals surface area contributed by atoms with E-state index >= 15 is 0 Å². The van der Waals surface area contributed by atoms with E-state index in [9.17, 15) is 4.79 Å². The van der Waals surface area contributed by atoms with Crippen LogP contribution in [0.4, 0.5) is 0 Å². The Balaban J connectivity index is 2.27. The Morgan fingerprint density at radius 3 is 2.67 bits per heavy atom. The van der Waals surface area contributed by atoms with Gasteiger partial charge in [-0.15, -0.1) is 0 Å². The number of hydrazine groups is 1. The monoisotopic (exact) mass is 250 g/mol. The van der Waals surface area contributed by atoms with Crippen molar-refractivity contribution in [1.82, 2.24) is 10.4 Å². The highest BCUT2D eigenvalue weighted by atomic mass is 16.5. The molecule has 0 saturated heterocycles. The van der Waals surface area contributed by atoms with Crippen LogP contribution in [0.3, 0.4) is 0 Å². The molecule has 100 valence electrons. The number of carbonyl (C=O) groups is 1. The second kappa shape index (κ2) is 7.01. The zero-order valence-corrected chi connectivity index (χ0v) is 11.6. The lowest BCUT2D eigenvalue weighted by molar-refractivity contribution is -0.125. The van der Waals surface area contributed by atoms with Crippen LogP contribution < -0.4 is 10.2 Å². The minimum absolute atomic E-state index is 0.0178. The first-order valence-corrected chi connectivity index (χ1v) is 6.16. The van der Waals surface area contributed by atoms with Gasteiger partial charge in [-0.2, -0.15) is 0 Å². The van der Waals surface area contributed by atoms with Gasteiger partial charge in [-0.05, 0) is 31.9 Å². The average molecular weight is 250 g/mol. The van der Waals surface area contributed by atoms with Gasteiger partial charge in [-0.25, -0.2) is 5.01 Å². The molecule has 0 radical (unpaired) electrons. The smallest absolute Gasteiger partial charge is 0.234 e. The Bertz CT molecular complexity index is 403. The summed E-state index contributed by atoms with van der Waals surface area (Å²) in [5.41, 5.74) is 5.06. The summed E-state index contributed by atoms with van der Waals surface area (Å²) in [5.74, 6) is 0.915. The number of nitrogens with one attached hydrogen (secondary N) is 1. The fourth-order valence-electron chi connectivity index (χ4n) is 1.68. The van der Waals surface area contributed by atoms with E-state index in [2.05, 4.69) is 18.4 Å². The molecule has 1 N–H and O–H groups in total. The normalized spacial score (nSPS) is 10.5. The summed E-state index contributed by atoms with van der Waals surface area (Å²) in [6.45, 7) is 4.65. The van der Waals surface area contributed by atoms with Gasteiger partial charge < -0.3 is 4.74 Å². The molecule has 4 heteroatoms. The number of carbonyl (C=O) groups excluding carboxylic acids is 1. The third-order valence-electron chi connectivity index (χ3n) is 2.48. The van der Waals surface area contributed by atoms with E-state index in [1.165, 1.54) is 5.56 Å². The van der Waals surface area contributed by atoms with Crippen LogP contribution in [0.25, 0.3) is 0 Å². The van der Waals surface area contributed by atoms with Crippen molar-refractivity contribution in [2.45, 2.75) is 26.7 Å². The van der Waals surface area contributed by atoms with Crippen LogP contribution in [0.1, 0.15) is 24.0 Å². The highest BCUT2D eigenvalue weighted by molar-refractivity contribution is 5.75. The van der Waals surface area contributed by atoms with E-state index in [-0.39, 0.29) is 5.91 Å². The zero-order valence-electron chi connectivity index (χ0n) is 11.6. The van der Waals surface area contributed by atoms with Crippen molar-refractivity contribution in [3.05, 3.63) is 29.3 Å². The molecular formula is C14H22N2O2. The molecule has 0 heterocycles. The number of benzene rings is 1. The van der Waals surface area contributed by atoms with Gasteiger partial charge >= 0.3 is 0 Å². The number of hydrogen-bond donors (Lipinski definition) is 1. The van der Waals surface area contributed by atoms with Gasteiger partial charge in [0.2, 0.25) is 5.91 Å². The summed E-state index contributed by atoms with van der Waals surface area (Å²) >= 11 is 0. The van der Waals surface area contributed by atoms with Gasteiger partial charge in [0.25, 0.3) is 0 Å². The molecule has 0 aromatic heterocycles. The summed E-state index contributed by atoms with van der Waals surface area (Å²) in [5, 5.41) is 1.65. The summed E-state index contributed by atoms with van der Waals surface area (Å²) < 4.78 is 5.65. The Morgan fingerprint density at radius 1 is 1.33 bits per heavy atom. The van der Waals surface area contributed by atoms with Crippen molar-refractivity contribution in [2.75, 3.05) is 20.7 Å². The number of nitrogens with zero attached hydrogens (tertiary/aromatic N) is 1. The van der Waals surface area contributed by atoms with Crippen molar-refractivity contribution in [3.63, 3.8) is 0 Å². The first kappa shape index (κ1) is 14.5. The topological polar surface area (TPSA) is 41.6 Å². The highest BCUT2D eigenvalue weighted by Crippen LogP contribution is 2.18. The van der Waals surface area contributed by atoms with Crippen LogP contribution in [0, 0.1) is 13.8 Å². The molecule has 0 aliphatic carbocycles. The molecule has 0 bridgehead atoms. The Labute approximate surface area is 109 Å². The number of rotatable bonds is 6. The van der Waals surface area contributed by atoms with Gasteiger partial charge in [0.05, 0.1) is 6.61 Å². The second-order valence-corrected chi connectivity index (χ2v) is 4.65. The van der Waals surface area contributed by atoms with Crippen LogP contribution in [0.15, 0.2) is 18.2 Å². The van der Waals surface area contributed by atoms with E-state index in [4.69, 9.17) is 4.74 Å². The Morgan fingerprint density at radius 2 is 2.06 bits per heavy atom. The van der Waals surface area contributed by atoms with Crippen LogP contribution >= 0.6 is 0 Å². The fourth-order valence-corrected chi connectivity index (χ4v) is 1.68. The summed E-state index contributed by atoms with van der Waals surface area (Å²) in [6.07, 6.45) is 1.19. The molecular weight excluding hydrogens is 228 g/mol. The van der Waals surface area contributed by atoms with Gasteiger partial charge in [0, 0.05) is 20.5 Å². The molecule has 0 spiro atoms. The van der Waals surface area contributed by atoms with Crippen LogP contribution in [-0.2, 0) is 4.79 Å². The molecule has 1 amide bonds. The largest absolute Gasteiger partial charge is 0.493 e. The Kier molecular flexibility index (Phi) is 5.65. The lowest BCUT2D eigenvalue weighted by Crippen LogP contribution is -2.36. The van der Waals surface area contributed by atoms with Crippen LogP contribution in [0.5, 0.6) is 5.75 Å². The molecule has 0 atom stereocenters. The van der Waals surface area contributed by atoms with Crippen molar-refractivity contribution >= 4 is 5.91 Å². The second-order valence-electron chi connectivity index (χ2n) is 4.65. The van der Waals surface area contributed by atoms with Gasteiger partial charge in [-0.1, -0.05) is 17.7 Å². The summed E-state index contributed by atoms with van der Waals surface area (Å²) in [6, 6.07) is 6.10. The lowest BCUT2D eigenvalue weighted by Gasteiger charge is -2.12. The summed E-state index contributed by atoms with van der Waals surface area (Å²) in [4.78, 5) is 11.4. The summed E-state index contributed by atoms with van der Waals surface area (Å²) in [7, 11) is 3.59. The number of amides is 1. The van der Waals surface area contributed by atoms with Gasteiger partial charge in [0.1, 0.15) is 5.75 Å². The predicted molar refractivity (Wildman–Crippen MR) is 72.5 cm³/mol. The Hall–Kier alpha value is -1.55. The van der Waals surface area contributed by atoms with E-state index in [0.29, 0.717) is 19.4 Å². The lowest BCUT2D eigenvalue weighted by atomic mass is 10.1. The van der Waals surface area contributed by atoms with E-state index in [1.54, 1.807) is 19.1 Å². The van der Waals surface area contributed by atoms with E-state index in [0.717, 1.165) is 11.3 Å². The average Bonchev–Trinajstić information content (AvgIpc) is 2.25. The maximum Gasteiger partial charge on any atom is 0.234 e. The van der Waals surface area contributed by atoms with Gasteiger partial charge in [0.15, 0.2) is 0 Å². The molecule has 1 rings (SSSR count). The molecule has 18 heavy (non-hydrogen) atoms. The molecule has 4 nitrogen and oxygen atoms in total. The third-order valence-corrected chi connectivity index (χ3v) is 2.48. The predicted octanol–water partition coefficient (Wildman–Crippen LogP) is 2.06. The third kappa shape index (κ3) is 5.19. The fraction of sp³-hybridized carbons (Fsp3) is 0.500. The molecule has 1 aromatic carbocycles. The van der Waals surface area contributed by atoms with Crippen molar-refractivity contribution in [2.24, 2.45) is 0 Å². The number of hydrogen-bond acceptors (Lipinski definition) is 3. The quantitative estimate of drug-likeness (QED) is 0.620. The standard InChI is InChI=1S/C14H22N2O2/c1-11-7-8-13(12(2)10-11)18-9-5-6-14(17)15-16(3)4/h7-8,10H,5-6,9H2,1-4H3,(H,15,17). The first-order chi connectivity index (χ1) is 8.49. The SMILES string of the molecule is Cc1ccc(OCCCC(=O)NN(C)C)c(C)c1. The van der Waals surface area contributed by atoms with Crippen molar-refractivity contribution < 1.29 is 9.53 Å². The van der Waals surface area contributed by atoms with Crippen molar-refractivity contribution in [1.29, 1.82) is 0 Å². The molecule has 0 unspecified atom stereocenters. The number of ether oxygens (including phenoxy) is 1. The highest BCUT2D eigenvalue weighted by Gasteiger charge is 2.03.